The van der Waals surface area contributed by atoms with Gasteiger partial charge in [0.15, 0.2) is 5.82 Å². The summed E-state index contributed by atoms with van der Waals surface area (Å²) in [6.07, 6.45) is 1.86. The molecule has 1 aromatic rings. The van der Waals surface area contributed by atoms with Crippen LogP contribution in [0.4, 0.5) is 0 Å². The van der Waals surface area contributed by atoms with Gasteiger partial charge in [-0.15, -0.1) is 0 Å². The number of nitrogens with zero attached hydrogens (tertiary/aromatic N) is 2. The fraction of sp³-hybridized carbons (Fsp3) is 0.778. The van der Waals surface area contributed by atoms with Gasteiger partial charge < -0.3 is 15.0 Å². The smallest absolute Gasteiger partial charge is 0.232 e. The first-order valence-electron chi connectivity index (χ1n) is 4.85. The third-order valence-electron chi connectivity index (χ3n) is 2.76. The molecule has 14 heavy (non-hydrogen) atoms. The summed E-state index contributed by atoms with van der Waals surface area (Å²) >= 11 is 0. The van der Waals surface area contributed by atoms with Gasteiger partial charge in [-0.2, -0.15) is 4.98 Å². The van der Waals surface area contributed by atoms with Crippen molar-refractivity contribution in [3.63, 3.8) is 0 Å². The Labute approximate surface area is 82.6 Å². The van der Waals surface area contributed by atoms with Crippen molar-refractivity contribution < 1.29 is 9.26 Å². The van der Waals surface area contributed by atoms with E-state index >= 15 is 0 Å². The van der Waals surface area contributed by atoms with Crippen LogP contribution in [0.25, 0.3) is 0 Å². The number of aromatic nitrogens is 2. The molecule has 0 unspecified atom stereocenters. The van der Waals surface area contributed by atoms with Crippen molar-refractivity contribution in [1.82, 2.24) is 10.1 Å². The molecule has 1 aromatic heterocycles. The average molecular weight is 197 g/mol. The maximum atomic E-state index is 5.43. The minimum Gasteiger partial charge on any atom is -0.381 e. The Morgan fingerprint density at radius 1 is 1.43 bits per heavy atom. The van der Waals surface area contributed by atoms with Gasteiger partial charge in [-0.05, 0) is 12.8 Å². The molecule has 0 radical (unpaired) electrons. The zero-order valence-corrected chi connectivity index (χ0v) is 8.32. The molecule has 0 aromatic carbocycles. The highest BCUT2D eigenvalue weighted by molar-refractivity contribution is 5.04. The predicted octanol–water partition coefficient (Wildman–Crippen LogP) is 0.596. The summed E-state index contributed by atoms with van der Waals surface area (Å²) in [4.78, 5) is 4.27. The van der Waals surface area contributed by atoms with Gasteiger partial charge in [0, 0.05) is 13.2 Å². The summed E-state index contributed by atoms with van der Waals surface area (Å²) in [5.74, 6) is 1.27. The molecular weight excluding hydrogens is 182 g/mol. The Morgan fingerprint density at radius 2 is 2.14 bits per heavy atom. The van der Waals surface area contributed by atoms with E-state index in [0.717, 1.165) is 26.1 Å². The Balaban J connectivity index is 2.19. The Bertz CT molecular complexity index is 305. The third kappa shape index (κ3) is 1.65. The van der Waals surface area contributed by atoms with Crippen LogP contribution in [-0.2, 0) is 16.7 Å². The van der Waals surface area contributed by atoms with Crippen molar-refractivity contribution in [2.24, 2.45) is 5.73 Å². The van der Waals surface area contributed by atoms with E-state index in [0.29, 0.717) is 18.3 Å². The molecule has 2 N–H and O–H groups in total. The molecule has 2 rings (SSSR count). The van der Waals surface area contributed by atoms with E-state index in [-0.39, 0.29) is 5.41 Å². The first kappa shape index (κ1) is 9.61. The number of hydrogen-bond acceptors (Lipinski definition) is 5. The van der Waals surface area contributed by atoms with Gasteiger partial charge in [0.2, 0.25) is 5.89 Å². The minimum absolute atomic E-state index is 0.0291. The van der Waals surface area contributed by atoms with Gasteiger partial charge >= 0.3 is 0 Å². The highest BCUT2D eigenvalue weighted by atomic mass is 16.5. The first-order valence-corrected chi connectivity index (χ1v) is 4.85. The molecule has 0 aliphatic carbocycles. The molecule has 2 heterocycles. The number of rotatable bonds is 2. The number of ether oxygens (including phenoxy) is 1. The van der Waals surface area contributed by atoms with E-state index < -0.39 is 0 Å². The van der Waals surface area contributed by atoms with Crippen molar-refractivity contribution in [2.75, 3.05) is 13.2 Å². The van der Waals surface area contributed by atoms with Gasteiger partial charge in [-0.3, -0.25) is 0 Å². The topological polar surface area (TPSA) is 74.2 Å². The zero-order valence-electron chi connectivity index (χ0n) is 8.32. The summed E-state index contributed by atoms with van der Waals surface area (Å²) in [5, 5.41) is 3.80. The zero-order chi connectivity index (χ0) is 10.0. The summed E-state index contributed by atoms with van der Waals surface area (Å²) < 4.78 is 10.5. The summed E-state index contributed by atoms with van der Waals surface area (Å²) in [6.45, 7) is 3.98. The summed E-state index contributed by atoms with van der Waals surface area (Å²) in [7, 11) is 0. The van der Waals surface area contributed by atoms with Gasteiger partial charge in [0.05, 0.1) is 12.0 Å². The monoisotopic (exact) mass is 197 g/mol. The van der Waals surface area contributed by atoms with Crippen LogP contribution < -0.4 is 5.73 Å². The predicted molar refractivity (Wildman–Crippen MR) is 49.6 cm³/mol. The van der Waals surface area contributed by atoms with E-state index in [9.17, 15) is 0 Å². The van der Waals surface area contributed by atoms with Crippen molar-refractivity contribution in [1.29, 1.82) is 0 Å². The molecule has 1 fully saturated rings. The second-order valence-electron chi connectivity index (χ2n) is 3.89. The highest BCUT2D eigenvalue weighted by Gasteiger charge is 2.34. The number of nitrogens with two attached hydrogens (primary N) is 1. The molecule has 1 saturated heterocycles. The normalized spacial score (nSPS) is 21.0. The summed E-state index contributed by atoms with van der Waals surface area (Å²) in [6, 6.07) is 0. The van der Waals surface area contributed by atoms with E-state index in [1.807, 2.05) is 0 Å². The van der Waals surface area contributed by atoms with E-state index in [1.165, 1.54) is 0 Å². The lowest BCUT2D eigenvalue weighted by molar-refractivity contribution is 0.0447. The van der Waals surface area contributed by atoms with Gasteiger partial charge in [-0.1, -0.05) is 12.1 Å². The van der Waals surface area contributed by atoms with Gasteiger partial charge in [0.1, 0.15) is 0 Å². The molecule has 0 amide bonds. The molecule has 1 aliphatic heterocycles. The van der Waals surface area contributed by atoms with Gasteiger partial charge in [0.25, 0.3) is 0 Å². The maximum absolute atomic E-state index is 5.43. The van der Waals surface area contributed by atoms with Crippen molar-refractivity contribution >= 4 is 0 Å². The molecule has 0 atom stereocenters. The largest absolute Gasteiger partial charge is 0.381 e. The average Bonchev–Trinajstić information content (AvgIpc) is 2.67. The lowest BCUT2D eigenvalue weighted by Crippen LogP contribution is -2.31. The fourth-order valence-electron chi connectivity index (χ4n) is 1.62. The molecule has 78 valence electrons. The molecule has 1 aliphatic rings. The second kappa shape index (κ2) is 3.67. The number of hydrogen-bond donors (Lipinski definition) is 1. The van der Waals surface area contributed by atoms with Crippen LogP contribution in [0.3, 0.4) is 0 Å². The fourth-order valence-corrected chi connectivity index (χ4v) is 1.62. The third-order valence-corrected chi connectivity index (χ3v) is 2.76. The molecule has 5 nitrogen and oxygen atoms in total. The van der Waals surface area contributed by atoms with Crippen molar-refractivity contribution in [2.45, 2.75) is 31.7 Å². The SMILES string of the molecule is CC1(c2nc(CN)no2)CCOCC1. The van der Waals surface area contributed by atoms with Crippen LogP contribution in [0.15, 0.2) is 4.52 Å². The Kier molecular flexibility index (Phi) is 2.52. The molecule has 5 heteroatoms. The van der Waals surface area contributed by atoms with Crippen LogP contribution >= 0.6 is 0 Å². The van der Waals surface area contributed by atoms with Crippen molar-refractivity contribution in [3.05, 3.63) is 11.7 Å². The van der Waals surface area contributed by atoms with E-state index in [4.69, 9.17) is 15.0 Å². The van der Waals surface area contributed by atoms with Crippen LogP contribution in [0.5, 0.6) is 0 Å². The van der Waals surface area contributed by atoms with Gasteiger partial charge in [-0.25, -0.2) is 0 Å². The Hall–Kier alpha value is -0.940. The van der Waals surface area contributed by atoms with Crippen LogP contribution in [0.2, 0.25) is 0 Å². The maximum Gasteiger partial charge on any atom is 0.232 e. The second-order valence-corrected chi connectivity index (χ2v) is 3.89. The van der Waals surface area contributed by atoms with Crippen LogP contribution in [-0.4, -0.2) is 23.4 Å². The van der Waals surface area contributed by atoms with E-state index in [2.05, 4.69) is 17.1 Å². The molecule has 0 saturated carbocycles. The Morgan fingerprint density at radius 3 is 2.71 bits per heavy atom. The van der Waals surface area contributed by atoms with E-state index in [1.54, 1.807) is 0 Å². The first-order chi connectivity index (χ1) is 6.74. The molecule has 0 bridgehead atoms. The highest BCUT2D eigenvalue weighted by Crippen LogP contribution is 2.32. The van der Waals surface area contributed by atoms with Crippen LogP contribution in [0, 0.1) is 0 Å². The quantitative estimate of drug-likeness (QED) is 0.751. The minimum atomic E-state index is -0.0291. The van der Waals surface area contributed by atoms with Crippen molar-refractivity contribution in [3.8, 4) is 0 Å². The standard InChI is InChI=1S/C9H15N3O2/c1-9(2-4-13-5-3-9)8-11-7(6-10)12-14-8/h2-6,10H2,1H3. The lowest BCUT2D eigenvalue weighted by Gasteiger charge is -2.29. The lowest BCUT2D eigenvalue weighted by atomic mass is 9.82. The molecular formula is C9H15N3O2. The van der Waals surface area contributed by atoms with Crippen LogP contribution in [0.1, 0.15) is 31.5 Å². The summed E-state index contributed by atoms with van der Waals surface area (Å²) in [5.41, 5.74) is 5.40. The molecule has 0 spiro atoms.